The lowest BCUT2D eigenvalue weighted by molar-refractivity contribution is -0.274. The highest BCUT2D eigenvalue weighted by atomic mass is 19.4. The summed E-state index contributed by atoms with van der Waals surface area (Å²) < 4.78 is 44.2. The number of rotatable bonds is 2. The smallest absolute Gasteiger partial charge is 0.465 e. The van der Waals surface area contributed by atoms with Crippen molar-refractivity contribution in [2.75, 3.05) is 12.8 Å². The molecule has 1 rings (SSSR count). The van der Waals surface area contributed by atoms with E-state index in [1.54, 1.807) is 0 Å². The normalized spacial score (nSPS) is 10.6. The van der Waals surface area contributed by atoms with Crippen LogP contribution in [0.2, 0.25) is 0 Å². The van der Waals surface area contributed by atoms with Crippen molar-refractivity contribution in [1.82, 2.24) is 4.98 Å². The van der Waals surface area contributed by atoms with Crippen LogP contribution in [-0.4, -0.2) is 24.4 Å². The first kappa shape index (κ1) is 13.6. The highest BCUT2D eigenvalue weighted by Crippen LogP contribution is 2.32. The molecule has 0 aliphatic carbocycles. The number of methoxy groups -OCH3 is 1. The second-order valence-corrected chi connectivity index (χ2v) is 2.91. The summed E-state index contributed by atoms with van der Waals surface area (Å²) in [7, 11) is 1.00. The van der Waals surface area contributed by atoms with Crippen molar-refractivity contribution in [3.8, 4) is 11.8 Å². The molecule has 0 amide bonds. The van der Waals surface area contributed by atoms with E-state index in [0.717, 1.165) is 13.3 Å². The van der Waals surface area contributed by atoms with Gasteiger partial charge in [-0.3, -0.25) is 0 Å². The quantitative estimate of drug-likeness (QED) is 0.803. The van der Waals surface area contributed by atoms with Crippen molar-refractivity contribution >= 4 is 11.8 Å². The third kappa shape index (κ3) is 2.79. The third-order valence-electron chi connectivity index (χ3n) is 1.80. The maximum atomic E-state index is 12.1. The fourth-order valence-corrected chi connectivity index (χ4v) is 1.10. The highest BCUT2D eigenvalue weighted by Gasteiger charge is 2.35. The molecule has 0 saturated heterocycles. The van der Waals surface area contributed by atoms with Crippen LogP contribution in [0.4, 0.5) is 19.0 Å². The van der Waals surface area contributed by atoms with Gasteiger partial charge >= 0.3 is 12.3 Å². The molecule has 0 atom stereocenters. The number of halogens is 3. The molecule has 0 aliphatic heterocycles. The molecule has 18 heavy (non-hydrogen) atoms. The van der Waals surface area contributed by atoms with Crippen LogP contribution in [-0.2, 0) is 4.74 Å². The van der Waals surface area contributed by atoms with Crippen molar-refractivity contribution in [2.24, 2.45) is 0 Å². The molecule has 0 unspecified atom stereocenters. The number of hydrogen-bond acceptors (Lipinski definition) is 6. The van der Waals surface area contributed by atoms with E-state index in [1.165, 1.54) is 6.07 Å². The molecule has 0 aromatic carbocycles. The molecule has 0 aliphatic rings. The van der Waals surface area contributed by atoms with Gasteiger partial charge in [-0.1, -0.05) is 0 Å². The van der Waals surface area contributed by atoms with Crippen LogP contribution in [0.3, 0.4) is 0 Å². The number of aromatic nitrogens is 1. The Bertz CT molecular complexity index is 522. The number of hydrogen-bond donors (Lipinski definition) is 1. The minimum atomic E-state index is -5.06. The summed E-state index contributed by atoms with van der Waals surface area (Å²) in [5.41, 5.74) is 4.02. The van der Waals surface area contributed by atoms with Crippen molar-refractivity contribution in [3.63, 3.8) is 0 Å². The summed E-state index contributed by atoms with van der Waals surface area (Å²) in [6.07, 6.45) is -4.22. The van der Waals surface area contributed by atoms with Gasteiger partial charge in [-0.2, -0.15) is 5.26 Å². The number of anilines is 1. The van der Waals surface area contributed by atoms with Gasteiger partial charge in [0.1, 0.15) is 11.6 Å². The van der Waals surface area contributed by atoms with Gasteiger partial charge in [0.2, 0.25) is 0 Å². The number of nitrogens with two attached hydrogens (primary N) is 1. The average molecular weight is 261 g/mol. The van der Waals surface area contributed by atoms with Gasteiger partial charge in [0, 0.05) is 6.20 Å². The molecule has 1 aromatic rings. The molecular formula is C9H6F3N3O3. The predicted molar refractivity (Wildman–Crippen MR) is 51.4 cm³/mol. The molecule has 1 aromatic heterocycles. The van der Waals surface area contributed by atoms with Gasteiger partial charge in [-0.25, -0.2) is 9.78 Å². The molecule has 6 nitrogen and oxygen atoms in total. The van der Waals surface area contributed by atoms with E-state index in [4.69, 9.17) is 11.0 Å². The van der Waals surface area contributed by atoms with E-state index >= 15 is 0 Å². The number of pyridine rings is 1. The monoisotopic (exact) mass is 261 g/mol. The fourth-order valence-electron chi connectivity index (χ4n) is 1.10. The van der Waals surface area contributed by atoms with Crippen molar-refractivity contribution in [1.29, 1.82) is 5.26 Å². The number of carbonyl (C=O) groups is 1. The van der Waals surface area contributed by atoms with E-state index < -0.39 is 35.0 Å². The van der Waals surface area contributed by atoms with E-state index in [2.05, 4.69) is 14.5 Å². The second kappa shape index (κ2) is 4.79. The van der Waals surface area contributed by atoms with E-state index in [9.17, 15) is 18.0 Å². The Morgan fingerprint density at radius 1 is 1.56 bits per heavy atom. The lowest BCUT2D eigenvalue weighted by Crippen LogP contribution is -2.20. The molecule has 96 valence electrons. The third-order valence-corrected chi connectivity index (χ3v) is 1.80. The van der Waals surface area contributed by atoms with Crippen LogP contribution < -0.4 is 10.5 Å². The SMILES string of the molecule is COC(=O)c1cnc(N)c(OC(F)(F)F)c1C#N. The molecule has 0 spiro atoms. The number of carbonyl (C=O) groups excluding carboxylic acids is 1. The van der Waals surface area contributed by atoms with Gasteiger partial charge in [0.25, 0.3) is 0 Å². The zero-order valence-corrected chi connectivity index (χ0v) is 8.91. The Hall–Kier alpha value is -2.50. The van der Waals surface area contributed by atoms with Crippen molar-refractivity contribution in [2.45, 2.75) is 6.36 Å². The van der Waals surface area contributed by atoms with Crippen LogP contribution in [0.5, 0.6) is 5.75 Å². The fraction of sp³-hybridized carbons (Fsp3) is 0.222. The number of alkyl halides is 3. The number of nitrogen functional groups attached to an aromatic ring is 1. The summed E-state index contributed by atoms with van der Waals surface area (Å²) in [4.78, 5) is 14.6. The van der Waals surface area contributed by atoms with Crippen molar-refractivity contribution in [3.05, 3.63) is 17.3 Å². The van der Waals surface area contributed by atoms with E-state index in [1.807, 2.05) is 0 Å². The van der Waals surface area contributed by atoms with E-state index in [0.29, 0.717) is 0 Å². The molecule has 0 bridgehead atoms. The van der Waals surface area contributed by atoms with Crippen LogP contribution in [0, 0.1) is 11.3 Å². The maximum Gasteiger partial charge on any atom is 0.573 e. The molecule has 0 radical (unpaired) electrons. The summed E-state index contributed by atoms with van der Waals surface area (Å²) in [5.74, 6) is -2.70. The first-order chi connectivity index (χ1) is 8.30. The largest absolute Gasteiger partial charge is 0.573 e. The maximum absolute atomic E-state index is 12.1. The number of esters is 1. The minimum Gasteiger partial charge on any atom is -0.465 e. The predicted octanol–water partition coefficient (Wildman–Crippen LogP) is 1.22. The first-order valence-corrected chi connectivity index (χ1v) is 4.32. The summed E-state index contributed by atoms with van der Waals surface area (Å²) >= 11 is 0. The van der Waals surface area contributed by atoms with Gasteiger partial charge in [0.05, 0.1) is 12.7 Å². The molecule has 1 heterocycles. The molecule has 9 heteroatoms. The van der Waals surface area contributed by atoms with Crippen LogP contribution in [0.25, 0.3) is 0 Å². The summed E-state index contributed by atoms with van der Waals surface area (Å²) in [6.45, 7) is 0. The van der Waals surface area contributed by atoms with Crippen LogP contribution in [0.1, 0.15) is 15.9 Å². The van der Waals surface area contributed by atoms with Crippen LogP contribution in [0.15, 0.2) is 6.20 Å². The lowest BCUT2D eigenvalue weighted by atomic mass is 10.1. The van der Waals surface area contributed by atoms with Gasteiger partial charge < -0.3 is 15.2 Å². The minimum absolute atomic E-state index is 0.464. The van der Waals surface area contributed by atoms with Gasteiger partial charge in [-0.15, -0.1) is 13.2 Å². The lowest BCUT2D eigenvalue weighted by Gasteiger charge is -2.13. The summed E-state index contributed by atoms with van der Waals surface area (Å²) in [6, 6.07) is 1.40. The van der Waals surface area contributed by atoms with E-state index in [-0.39, 0.29) is 0 Å². The Morgan fingerprint density at radius 2 is 2.17 bits per heavy atom. The highest BCUT2D eigenvalue weighted by molar-refractivity contribution is 5.93. The Labute approximate surface area is 98.7 Å². The first-order valence-electron chi connectivity index (χ1n) is 4.32. The molecular weight excluding hydrogens is 255 g/mol. The molecule has 0 fully saturated rings. The van der Waals surface area contributed by atoms with Crippen LogP contribution >= 0.6 is 0 Å². The van der Waals surface area contributed by atoms with Crippen molar-refractivity contribution < 1.29 is 27.4 Å². The Morgan fingerprint density at radius 3 is 2.61 bits per heavy atom. The van der Waals surface area contributed by atoms with Gasteiger partial charge in [0.15, 0.2) is 11.6 Å². The Kier molecular flexibility index (Phi) is 3.61. The average Bonchev–Trinajstić information content (AvgIpc) is 2.29. The topological polar surface area (TPSA) is 98.2 Å². The van der Waals surface area contributed by atoms with Gasteiger partial charge in [-0.05, 0) is 0 Å². The second-order valence-electron chi connectivity index (χ2n) is 2.91. The zero-order valence-electron chi connectivity index (χ0n) is 8.91. The number of ether oxygens (including phenoxy) is 2. The number of nitrogens with zero attached hydrogens (tertiary/aromatic N) is 2. The standard InChI is InChI=1S/C9H6F3N3O3/c1-17-8(16)5-3-15-7(14)6(4(5)2-13)18-9(10,11)12/h3H,1H3,(H2,14,15). The molecule has 2 N–H and O–H groups in total. The zero-order chi connectivity index (χ0) is 13.9. The molecule has 0 saturated carbocycles. The number of nitriles is 1. The summed E-state index contributed by atoms with van der Waals surface area (Å²) in [5, 5.41) is 8.78. The Balaban J connectivity index is 3.41.